The summed E-state index contributed by atoms with van der Waals surface area (Å²) in [6.07, 6.45) is 0.254. The molecule has 1 aliphatic rings. The van der Waals surface area contributed by atoms with Crippen molar-refractivity contribution in [3.8, 4) is 0 Å². The normalized spacial score (nSPS) is 15.4. The fraction of sp³-hybridized carbons (Fsp3) is 0.167. The van der Waals surface area contributed by atoms with Crippen molar-refractivity contribution in [3.63, 3.8) is 0 Å². The first-order chi connectivity index (χ1) is 14.2. The van der Waals surface area contributed by atoms with Crippen LogP contribution in [0.5, 0.6) is 0 Å². The van der Waals surface area contributed by atoms with Gasteiger partial charge >= 0.3 is 5.97 Å². The predicted molar refractivity (Wildman–Crippen MR) is 112 cm³/mol. The smallest absolute Gasteiger partial charge is 0.338 e. The highest BCUT2D eigenvalue weighted by Gasteiger charge is 2.34. The van der Waals surface area contributed by atoms with Crippen LogP contribution in [-0.4, -0.2) is 30.4 Å². The number of hydrogen-bond donors (Lipinski definition) is 1. The maximum atomic E-state index is 13.3. The van der Waals surface area contributed by atoms with Crippen LogP contribution in [0, 0.1) is 0 Å². The largest absolute Gasteiger partial charge is 0.465 e. The number of carbonyl (C=O) groups is 2. The molecule has 0 saturated heterocycles. The molecule has 5 heteroatoms. The van der Waals surface area contributed by atoms with Crippen molar-refractivity contribution >= 4 is 17.6 Å². The molecule has 1 amide bonds. The van der Waals surface area contributed by atoms with Gasteiger partial charge in [0.05, 0.1) is 18.2 Å². The van der Waals surface area contributed by atoms with E-state index >= 15 is 0 Å². The molecule has 0 spiro atoms. The maximum Gasteiger partial charge on any atom is 0.338 e. The molecule has 0 radical (unpaired) electrons. The Balaban J connectivity index is 1.73. The lowest BCUT2D eigenvalue weighted by Gasteiger charge is -2.38. The van der Waals surface area contributed by atoms with Crippen molar-refractivity contribution < 1.29 is 14.3 Å². The predicted octanol–water partition coefficient (Wildman–Crippen LogP) is 4.28. The number of nitrogens with zero attached hydrogens (tertiary/aromatic N) is 1. The Labute approximate surface area is 169 Å². The van der Waals surface area contributed by atoms with Gasteiger partial charge in [-0.15, -0.1) is 0 Å². The van der Waals surface area contributed by atoms with Gasteiger partial charge in [0.15, 0.2) is 0 Å². The van der Waals surface area contributed by atoms with E-state index < -0.39 is 12.1 Å². The molecule has 1 aliphatic heterocycles. The molecular weight excluding hydrogens is 364 g/mol. The molecule has 0 unspecified atom stereocenters. The summed E-state index contributed by atoms with van der Waals surface area (Å²) in [5.74, 6) is -0.475. The molecule has 3 aromatic rings. The molecule has 1 atom stereocenters. The van der Waals surface area contributed by atoms with Gasteiger partial charge in [-0.2, -0.15) is 0 Å². The van der Waals surface area contributed by atoms with E-state index in [1.807, 2.05) is 66.7 Å². The second-order valence-corrected chi connectivity index (χ2v) is 6.91. The molecule has 0 aromatic heterocycles. The standard InChI is InChI=1S/C24H22N2O3/c1-29-24(28)19-12-6-5-11-18(19)22-25-21-14-8-7-13-20(21)23(27)26(22)16-15-17-9-3-2-4-10-17/h2-14,22,25H,15-16H2,1H3/t22-/m1/s1. The fourth-order valence-electron chi connectivity index (χ4n) is 3.69. The van der Waals surface area contributed by atoms with E-state index in [0.29, 0.717) is 24.1 Å². The number of ether oxygens (including phenoxy) is 1. The molecule has 1 N–H and O–H groups in total. The minimum absolute atomic E-state index is 0.0556. The summed E-state index contributed by atoms with van der Waals surface area (Å²) in [6.45, 7) is 0.518. The first-order valence-electron chi connectivity index (χ1n) is 9.56. The third-order valence-electron chi connectivity index (χ3n) is 5.17. The average molecular weight is 386 g/mol. The van der Waals surface area contributed by atoms with Gasteiger partial charge in [0.25, 0.3) is 5.91 Å². The van der Waals surface area contributed by atoms with Crippen molar-refractivity contribution in [3.05, 3.63) is 101 Å². The fourth-order valence-corrected chi connectivity index (χ4v) is 3.69. The zero-order valence-electron chi connectivity index (χ0n) is 16.2. The summed E-state index contributed by atoms with van der Waals surface area (Å²) >= 11 is 0. The van der Waals surface area contributed by atoms with E-state index in [1.165, 1.54) is 7.11 Å². The van der Waals surface area contributed by atoms with Gasteiger partial charge in [0, 0.05) is 17.8 Å². The van der Waals surface area contributed by atoms with Gasteiger partial charge in [-0.1, -0.05) is 60.7 Å². The van der Waals surface area contributed by atoms with Crippen LogP contribution in [0.15, 0.2) is 78.9 Å². The van der Waals surface area contributed by atoms with Gasteiger partial charge in [-0.05, 0) is 30.2 Å². The topological polar surface area (TPSA) is 58.6 Å². The number of rotatable bonds is 5. The van der Waals surface area contributed by atoms with Crippen molar-refractivity contribution in [2.45, 2.75) is 12.6 Å². The van der Waals surface area contributed by atoms with Crippen LogP contribution in [0.25, 0.3) is 0 Å². The van der Waals surface area contributed by atoms with Crippen molar-refractivity contribution in [2.24, 2.45) is 0 Å². The summed E-state index contributed by atoms with van der Waals surface area (Å²) < 4.78 is 4.96. The van der Waals surface area contributed by atoms with E-state index in [9.17, 15) is 9.59 Å². The van der Waals surface area contributed by atoms with Gasteiger partial charge in [0.2, 0.25) is 0 Å². The molecule has 0 bridgehead atoms. The minimum Gasteiger partial charge on any atom is -0.465 e. The Morgan fingerprint density at radius 3 is 2.45 bits per heavy atom. The van der Waals surface area contributed by atoms with Crippen molar-refractivity contribution in [2.75, 3.05) is 19.0 Å². The first kappa shape index (κ1) is 18.7. The number of para-hydroxylation sites is 1. The molecule has 0 saturated carbocycles. The van der Waals surface area contributed by atoms with Crippen LogP contribution in [0.1, 0.15) is 38.0 Å². The highest BCUT2D eigenvalue weighted by Crippen LogP contribution is 2.34. The lowest BCUT2D eigenvalue weighted by molar-refractivity contribution is 0.0586. The number of hydrogen-bond acceptors (Lipinski definition) is 4. The van der Waals surface area contributed by atoms with E-state index in [2.05, 4.69) is 5.32 Å². The van der Waals surface area contributed by atoms with Gasteiger partial charge < -0.3 is 15.0 Å². The van der Waals surface area contributed by atoms with E-state index in [1.54, 1.807) is 17.0 Å². The molecule has 3 aromatic carbocycles. The molecular formula is C24H22N2O3. The number of carbonyl (C=O) groups excluding carboxylic acids is 2. The number of fused-ring (bicyclic) bond motifs is 1. The van der Waals surface area contributed by atoms with Crippen LogP contribution < -0.4 is 5.32 Å². The summed E-state index contributed by atoms with van der Waals surface area (Å²) in [7, 11) is 1.36. The minimum atomic E-state index is -0.462. The highest BCUT2D eigenvalue weighted by atomic mass is 16.5. The number of benzene rings is 3. The van der Waals surface area contributed by atoms with Crippen LogP contribution >= 0.6 is 0 Å². The SMILES string of the molecule is COC(=O)c1ccccc1[C@@H]1Nc2ccccc2C(=O)N1CCc1ccccc1. The van der Waals surface area contributed by atoms with Crippen molar-refractivity contribution in [1.29, 1.82) is 0 Å². The number of methoxy groups -OCH3 is 1. The second kappa shape index (κ2) is 8.19. The molecule has 29 heavy (non-hydrogen) atoms. The zero-order valence-corrected chi connectivity index (χ0v) is 16.2. The first-order valence-corrected chi connectivity index (χ1v) is 9.56. The number of anilines is 1. The Kier molecular flexibility index (Phi) is 5.29. The molecule has 0 fully saturated rings. The summed E-state index contributed by atoms with van der Waals surface area (Å²) in [5.41, 5.74) is 3.71. The maximum absolute atomic E-state index is 13.3. The highest BCUT2D eigenvalue weighted by molar-refractivity contribution is 6.02. The van der Waals surface area contributed by atoms with Crippen LogP contribution in [0.2, 0.25) is 0 Å². The molecule has 1 heterocycles. The van der Waals surface area contributed by atoms with Gasteiger partial charge in [-0.3, -0.25) is 4.79 Å². The summed E-state index contributed by atoms with van der Waals surface area (Å²) in [5, 5.41) is 3.45. The van der Waals surface area contributed by atoms with Crippen LogP contribution in [0.4, 0.5) is 5.69 Å². The second-order valence-electron chi connectivity index (χ2n) is 6.91. The molecule has 0 aliphatic carbocycles. The molecule has 146 valence electrons. The summed E-state index contributed by atoms with van der Waals surface area (Å²) in [4.78, 5) is 27.5. The Morgan fingerprint density at radius 1 is 0.966 bits per heavy atom. The Morgan fingerprint density at radius 2 is 1.66 bits per heavy atom. The number of nitrogens with one attached hydrogen (secondary N) is 1. The molecule has 5 nitrogen and oxygen atoms in total. The summed E-state index contributed by atoms with van der Waals surface area (Å²) in [6, 6.07) is 24.8. The lowest BCUT2D eigenvalue weighted by atomic mass is 9.99. The number of amides is 1. The monoisotopic (exact) mass is 386 g/mol. The Hall–Kier alpha value is -3.60. The third-order valence-corrected chi connectivity index (χ3v) is 5.17. The average Bonchev–Trinajstić information content (AvgIpc) is 2.78. The number of esters is 1. The van der Waals surface area contributed by atoms with Crippen LogP contribution in [-0.2, 0) is 11.2 Å². The quantitative estimate of drug-likeness (QED) is 0.665. The zero-order chi connectivity index (χ0) is 20.2. The third kappa shape index (κ3) is 3.72. The van der Waals surface area contributed by atoms with Gasteiger partial charge in [-0.25, -0.2) is 4.79 Å². The Bertz CT molecular complexity index is 1030. The van der Waals surface area contributed by atoms with E-state index in [4.69, 9.17) is 4.74 Å². The van der Waals surface area contributed by atoms with Gasteiger partial charge in [0.1, 0.15) is 6.17 Å². The van der Waals surface area contributed by atoms with Crippen molar-refractivity contribution in [1.82, 2.24) is 4.90 Å². The van der Waals surface area contributed by atoms with E-state index in [0.717, 1.165) is 16.8 Å². The van der Waals surface area contributed by atoms with E-state index in [-0.39, 0.29) is 5.91 Å². The lowest BCUT2D eigenvalue weighted by Crippen LogP contribution is -2.44. The molecule has 4 rings (SSSR count). The van der Waals surface area contributed by atoms with Crippen LogP contribution in [0.3, 0.4) is 0 Å².